The third-order valence-corrected chi connectivity index (χ3v) is 7.53. The molecule has 0 aliphatic carbocycles. The number of rotatable bonds is 6. The van der Waals surface area contributed by atoms with Gasteiger partial charge in [-0.05, 0) is 50.7 Å². The van der Waals surface area contributed by atoms with Crippen molar-refractivity contribution in [2.45, 2.75) is 38.3 Å². The minimum absolute atomic E-state index is 0.0326. The van der Waals surface area contributed by atoms with E-state index in [-0.39, 0.29) is 17.5 Å². The van der Waals surface area contributed by atoms with Crippen LogP contribution < -0.4 is 10.6 Å². The van der Waals surface area contributed by atoms with Gasteiger partial charge in [0, 0.05) is 17.5 Å². The monoisotopic (exact) mass is 384 g/mol. The summed E-state index contributed by atoms with van der Waals surface area (Å²) in [6.45, 7) is 5.74. The molecule has 3 heterocycles. The Morgan fingerprint density at radius 2 is 2.24 bits per heavy atom. The molecule has 8 heteroatoms. The van der Waals surface area contributed by atoms with Crippen LogP contribution in [0.5, 0.6) is 0 Å². The Morgan fingerprint density at radius 3 is 2.84 bits per heavy atom. The largest absolute Gasteiger partial charge is 0.357 e. The van der Waals surface area contributed by atoms with Gasteiger partial charge in [-0.3, -0.25) is 9.89 Å². The van der Waals surface area contributed by atoms with E-state index in [4.69, 9.17) is 4.99 Å². The zero-order valence-electron chi connectivity index (χ0n) is 14.8. The maximum Gasteiger partial charge on any atom is 0.191 e. The highest BCUT2D eigenvalue weighted by Crippen LogP contribution is 2.28. The van der Waals surface area contributed by atoms with E-state index in [1.807, 2.05) is 6.92 Å². The van der Waals surface area contributed by atoms with E-state index in [9.17, 15) is 8.42 Å². The Bertz CT molecular complexity index is 667. The zero-order chi connectivity index (χ0) is 17.7. The first kappa shape index (κ1) is 18.7. The Balaban J connectivity index is 1.67. The van der Waals surface area contributed by atoms with Crippen LogP contribution in [-0.2, 0) is 9.84 Å². The number of hydrogen-bond donors (Lipinski definition) is 2. The fraction of sp³-hybridized carbons (Fsp3) is 0.706. The van der Waals surface area contributed by atoms with Gasteiger partial charge < -0.3 is 10.6 Å². The predicted molar refractivity (Wildman–Crippen MR) is 104 cm³/mol. The van der Waals surface area contributed by atoms with Crippen molar-refractivity contribution in [3.05, 3.63) is 22.4 Å². The summed E-state index contributed by atoms with van der Waals surface area (Å²) in [6.07, 6.45) is 3.17. The molecular formula is C17H28N4O2S2. The van der Waals surface area contributed by atoms with Gasteiger partial charge in [-0.15, -0.1) is 11.3 Å². The molecule has 140 valence electrons. The molecule has 1 aromatic rings. The maximum absolute atomic E-state index is 11.7. The fourth-order valence-corrected chi connectivity index (χ4v) is 6.04. The van der Waals surface area contributed by atoms with Gasteiger partial charge in [0.05, 0.1) is 24.1 Å². The Kier molecular flexibility index (Phi) is 6.35. The second kappa shape index (κ2) is 8.51. The van der Waals surface area contributed by atoms with E-state index in [1.54, 1.807) is 11.3 Å². The van der Waals surface area contributed by atoms with Crippen LogP contribution in [0.2, 0.25) is 0 Å². The minimum Gasteiger partial charge on any atom is -0.357 e. The predicted octanol–water partition coefficient (Wildman–Crippen LogP) is 1.63. The summed E-state index contributed by atoms with van der Waals surface area (Å²) >= 11 is 1.78. The van der Waals surface area contributed by atoms with Crippen molar-refractivity contribution in [1.29, 1.82) is 0 Å². The van der Waals surface area contributed by atoms with Crippen LogP contribution in [-0.4, -0.2) is 63.0 Å². The van der Waals surface area contributed by atoms with Gasteiger partial charge in [0.1, 0.15) is 0 Å². The molecule has 2 aliphatic heterocycles. The number of aliphatic imine (C=N–C) groups is 1. The van der Waals surface area contributed by atoms with Crippen molar-refractivity contribution in [1.82, 2.24) is 15.5 Å². The average molecular weight is 385 g/mol. The number of nitrogens with zero attached hydrogens (tertiary/aromatic N) is 2. The molecule has 3 rings (SSSR count). The highest BCUT2D eigenvalue weighted by Gasteiger charge is 2.29. The lowest BCUT2D eigenvalue weighted by atomic mass is 10.2. The van der Waals surface area contributed by atoms with E-state index in [0.29, 0.717) is 19.0 Å². The van der Waals surface area contributed by atoms with Crippen molar-refractivity contribution >= 4 is 27.1 Å². The summed E-state index contributed by atoms with van der Waals surface area (Å²) in [7, 11) is -2.89. The smallest absolute Gasteiger partial charge is 0.191 e. The summed E-state index contributed by atoms with van der Waals surface area (Å²) in [5.41, 5.74) is 0. The van der Waals surface area contributed by atoms with E-state index in [1.165, 1.54) is 17.7 Å². The van der Waals surface area contributed by atoms with Crippen molar-refractivity contribution in [2.24, 2.45) is 4.99 Å². The molecule has 2 fully saturated rings. The van der Waals surface area contributed by atoms with Gasteiger partial charge in [-0.25, -0.2) is 8.42 Å². The van der Waals surface area contributed by atoms with Crippen LogP contribution >= 0.6 is 11.3 Å². The lowest BCUT2D eigenvalue weighted by Gasteiger charge is -2.26. The molecule has 1 aromatic heterocycles. The number of hydrogen-bond acceptors (Lipinski definition) is 5. The topological polar surface area (TPSA) is 73.8 Å². The first-order valence-electron chi connectivity index (χ1n) is 9.10. The molecule has 0 bridgehead atoms. The van der Waals surface area contributed by atoms with Crippen molar-refractivity contribution in [2.75, 3.05) is 37.7 Å². The normalized spacial score (nSPS) is 25.2. The van der Waals surface area contributed by atoms with Crippen LogP contribution in [0.3, 0.4) is 0 Å². The third-order valence-electron chi connectivity index (χ3n) is 4.79. The van der Waals surface area contributed by atoms with Gasteiger partial charge in [-0.1, -0.05) is 6.07 Å². The van der Waals surface area contributed by atoms with Crippen molar-refractivity contribution < 1.29 is 8.42 Å². The maximum atomic E-state index is 11.7. The second-order valence-electron chi connectivity index (χ2n) is 6.74. The number of guanidine groups is 1. The van der Waals surface area contributed by atoms with Crippen LogP contribution in [0.25, 0.3) is 0 Å². The Morgan fingerprint density at radius 1 is 1.44 bits per heavy atom. The molecule has 25 heavy (non-hydrogen) atoms. The average Bonchev–Trinajstić information content (AvgIpc) is 3.30. The quantitative estimate of drug-likeness (QED) is 0.576. The summed E-state index contributed by atoms with van der Waals surface area (Å²) in [5, 5.41) is 8.69. The first-order chi connectivity index (χ1) is 12.1. The molecular weight excluding hydrogens is 356 g/mol. The van der Waals surface area contributed by atoms with E-state index >= 15 is 0 Å². The van der Waals surface area contributed by atoms with Crippen LogP contribution in [0.1, 0.15) is 37.1 Å². The highest BCUT2D eigenvalue weighted by molar-refractivity contribution is 7.91. The molecule has 0 saturated carbocycles. The number of thiophene rings is 1. The zero-order valence-corrected chi connectivity index (χ0v) is 16.4. The minimum atomic E-state index is -2.89. The molecule has 2 aliphatic rings. The standard InChI is InChI=1S/C17H28N4O2S2/c1-2-18-17(20-14-7-11-25(22,23)13-14)19-12-15(16-6-5-10-24-16)21-8-3-4-9-21/h5-6,10,14-15H,2-4,7-9,11-13H2,1H3,(H2,18,19,20). The van der Waals surface area contributed by atoms with Crippen molar-refractivity contribution in [3.63, 3.8) is 0 Å². The number of nitrogens with one attached hydrogen (secondary N) is 2. The first-order valence-corrected chi connectivity index (χ1v) is 11.8. The molecule has 2 unspecified atom stereocenters. The lowest BCUT2D eigenvalue weighted by molar-refractivity contribution is 0.255. The Labute approximate surface area is 154 Å². The second-order valence-corrected chi connectivity index (χ2v) is 9.95. The summed E-state index contributed by atoms with van der Waals surface area (Å²) in [6, 6.07) is 4.56. The van der Waals surface area contributed by atoms with E-state index in [0.717, 1.165) is 25.6 Å². The highest BCUT2D eigenvalue weighted by atomic mass is 32.2. The number of sulfone groups is 1. The van der Waals surface area contributed by atoms with Gasteiger partial charge in [0.2, 0.25) is 0 Å². The third kappa shape index (κ3) is 5.18. The Hall–Kier alpha value is -1.12. The van der Waals surface area contributed by atoms with Gasteiger partial charge in [0.15, 0.2) is 15.8 Å². The number of likely N-dealkylation sites (tertiary alicyclic amines) is 1. The molecule has 0 radical (unpaired) electrons. The molecule has 2 atom stereocenters. The lowest BCUT2D eigenvalue weighted by Crippen LogP contribution is -2.44. The summed E-state index contributed by atoms with van der Waals surface area (Å²) in [4.78, 5) is 8.65. The van der Waals surface area contributed by atoms with Crippen LogP contribution in [0.15, 0.2) is 22.5 Å². The molecule has 0 aromatic carbocycles. The fourth-order valence-electron chi connectivity index (χ4n) is 3.52. The summed E-state index contributed by atoms with van der Waals surface area (Å²) < 4.78 is 23.3. The van der Waals surface area contributed by atoms with E-state index < -0.39 is 9.84 Å². The SMILES string of the molecule is CCNC(=NCC(c1cccs1)N1CCCC1)NC1CCS(=O)(=O)C1. The van der Waals surface area contributed by atoms with Crippen LogP contribution in [0, 0.1) is 0 Å². The van der Waals surface area contributed by atoms with Gasteiger partial charge in [0.25, 0.3) is 0 Å². The summed E-state index contributed by atoms with van der Waals surface area (Å²) in [5.74, 6) is 1.21. The van der Waals surface area contributed by atoms with Gasteiger partial charge >= 0.3 is 0 Å². The van der Waals surface area contributed by atoms with E-state index in [2.05, 4.69) is 33.0 Å². The molecule has 0 spiro atoms. The molecule has 2 N–H and O–H groups in total. The molecule has 0 amide bonds. The van der Waals surface area contributed by atoms with Crippen LogP contribution in [0.4, 0.5) is 0 Å². The van der Waals surface area contributed by atoms with Gasteiger partial charge in [-0.2, -0.15) is 0 Å². The molecule has 2 saturated heterocycles. The van der Waals surface area contributed by atoms with Crippen molar-refractivity contribution in [3.8, 4) is 0 Å². The molecule has 6 nitrogen and oxygen atoms in total.